The Bertz CT molecular complexity index is 111. The van der Waals surface area contributed by atoms with E-state index in [1.165, 1.54) is 0 Å². The first-order valence-corrected chi connectivity index (χ1v) is 3.47. The summed E-state index contributed by atoms with van der Waals surface area (Å²) in [5.41, 5.74) is 0.781. The lowest BCUT2D eigenvalue weighted by Crippen LogP contribution is -1.96. The number of ether oxygens (including phenoxy) is 1. The quantitative estimate of drug-likeness (QED) is 0.525. The van der Waals surface area contributed by atoms with Gasteiger partial charge in [0.15, 0.2) is 0 Å². The van der Waals surface area contributed by atoms with Crippen LogP contribution in [0, 0.1) is 10.8 Å². The molecule has 1 rings (SSSR count). The first-order valence-electron chi connectivity index (χ1n) is 3.47. The van der Waals surface area contributed by atoms with Crippen LogP contribution in [0.2, 0.25) is 0 Å². The van der Waals surface area contributed by atoms with Gasteiger partial charge in [-0.1, -0.05) is 27.7 Å². The van der Waals surface area contributed by atoms with Crippen LogP contribution >= 0.6 is 0 Å². The molecule has 1 saturated carbocycles. The van der Waals surface area contributed by atoms with E-state index in [2.05, 4.69) is 27.7 Å². The first-order chi connectivity index (χ1) is 3.94. The van der Waals surface area contributed by atoms with Gasteiger partial charge in [0, 0.05) is 7.11 Å². The second kappa shape index (κ2) is 1.51. The molecule has 1 aliphatic rings. The van der Waals surface area contributed by atoms with Gasteiger partial charge in [0.25, 0.3) is 0 Å². The summed E-state index contributed by atoms with van der Waals surface area (Å²) in [6.07, 6.45) is 0.463. The highest BCUT2D eigenvalue weighted by Crippen LogP contribution is 2.64. The van der Waals surface area contributed by atoms with Crippen LogP contribution in [0.4, 0.5) is 0 Å². The van der Waals surface area contributed by atoms with Crippen molar-refractivity contribution in [3.63, 3.8) is 0 Å². The molecule has 1 heteroatoms. The summed E-state index contributed by atoms with van der Waals surface area (Å²) in [5.74, 6) is 0. The minimum atomic E-state index is 0.391. The van der Waals surface area contributed by atoms with Crippen molar-refractivity contribution in [2.24, 2.45) is 10.8 Å². The smallest absolute Gasteiger partial charge is 0.0685 e. The Morgan fingerprint density at radius 1 is 1.00 bits per heavy atom. The molecule has 0 unspecified atom stereocenters. The van der Waals surface area contributed by atoms with Crippen LogP contribution in [0.15, 0.2) is 0 Å². The van der Waals surface area contributed by atoms with Crippen LogP contribution in [0.1, 0.15) is 27.7 Å². The zero-order chi connectivity index (χ0) is 7.28. The molecular weight excluding hydrogens is 112 g/mol. The molecule has 0 atom stereocenters. The summed E-state index contributed by atoms with van der Waals surface area (Å²) in [6, 6.07) is 0. The van der Waals surface area contributed by atoms with Crippen molar-refractivity contribution in [3.05, 3.63) is 0 Å². The van der Waals surface area contributed by atoms with Gasteiger partial charge in [0.1, 0.15) is 0 Å². The molecular formula is C8H16O. The first kappa shape index (κ1) is 7.07. The predicted molar refractivity (Wildman–Crippen MR) is 38.4 cm³/mol. The zero-order valence-electron chi connectivity index (χ0n) is 6.99. The van der Waals surface area contributed by atoms with E-state index in [4.69, 9.17) is 4.74 Å². The van der Waals surface area contributed by atoms with Crippen LogP contribution in [0.25, 0.3) is 0 Å². The molecule has 54 valence electrons. The molecule has 0 radical (unpaired) electrons. The van der Waals surface area contributed by atoms with Crippen molar-refractivity contribution < 1.29 is 4.74 Å². The third-order valence-electron chi connectivity index (χ3n) is 3.12. The monoisotopic (exact) mass is 128 g/mol. The molecule has 0 aromatic heterocycles. The fourth-order valence-electron chi connectivity index (χ4n) is 1.73. The Morgan fingerprint density at radius 2 is 1.33 bits per heavy atom. The summed E-state index contributed by atoms with van der Waals surface area (Å²) in [5, 5.41) is 0. The fraction of sp³-hybridized carbons (Fsp3) is 1.00. The Kier molecular flexibility index (Phi) is 1.19. The van der Waals surface area contributed by atoms with Gasteiger partial charge >= 0.3 is 0 Å². The Morgan fingerprint density at radius 3 is 1.33 bits per heavy atom. The maximum Gasteiger partial charge on any atom is 0.0685 e. The van der Waals surface area contributed by atoms with Gasteiger partial charge in [0.2, 0.25) is 0 Å². The normalized spacial score (nSPS) is 30.3. The Balaban J connectivity index is 2.66. The summed E-state index contributed by atoms with van der Waals surface area (Å²) < 4.78 is 5.29. The maximum atomic E-state index is 5.29. The van der Waals surface area contributed by atoms with Crippen molar-refractivity contribution in [1.82, 2.24) is 0 Å². The van der Waals surface area contributed by atoms with E-state index in [-0.39, 0.29) is 0 Å². The average Bonchev–Trinajstić information content (AvgIpc) is 2.00. The minimum absolute atomic E-state index is 0.391. The third-order valence-corrected chi connectivity index (χ3v) is 3.12. The average molecular weight is 128 g/mol. The van der Waals surface area contributed by atoms with Gasteiger partial charge in [-0.3, -0.25) is 0 Å². The van der Waals surface area contributed by atoms with Crippen molar-refractivity contribution in [2.45, 2.75) is 33.8 Å². The molecule has 9 heavy (non-hydrogen) atoms. The van der Waals surface area contributed by atoms with E-state index in [9.17, 15) is 0 Å². The number of hydrogen-bond acceptors (Lipinski definition) is 1. The van der Waals surface area contributed by atoms with Gasteiger partial charge in [0.05, 0.1) is 6.10 Å². The van der Waals surface area contributed by atoms with E-state index < -0.39 is 0 Å². The van der Waals surface area contributed by atoms with Crippen LogP contribution in [0.3, 0.4) is 0 Å². The molecule has 0 heterocycles. The van der Waals surface area contributed by atoms with Crippen molar-refractivity contribution in [1.29, 1.82) is 0 Å². The summed E-state index contributed by atoms with van der Waals surface area (Å²) >= 11 is 0. The molecule has 0 aromatic rings. The van der Waals surface area contributed by atoms with E-state index in [1.807, 2.05) is 0 Å². The molecule has 1 aliphatic carbocycles. The van der Waals surface area contributed by atoms with Crippen molar-refractivity contribution in [2.75, 3.05) is 7.11 Å². The maximum absolute atomic E-state index is 5.29. The standard InChI is InChI=1S/C8H16O/c1-7(2)6(9-5)8(7,3)4/h6H,1-5H3. The predicted octanol–water partition coefficient (Wildman–Crippen LogP) is 2.07. The topological polar surface area (TPSA) is 9.23 Å². The van der Waals surface area contributed by atoms with E-state index in [0.717, 1.165) is 0 Å². The highest BCUT2D eigenvalue weighted by atomic mass is 16.5. The summed E-state index contributed by atoms with van der Waals surface area (Å²) in [4.78, 5) is 0. The summed E-state index contributed by atoms with van der Waals surface area (Å²) in [7, 11) is 1.79. The summed E-state index contributed by atoms with van der Waals surface area (Å²) in [6.45, 7) is 9.00. The van der Waals surface area contributed by atoms with Gasteiger partial charge in [-0.05, 0) is 10.8 Å². The molecule has 0 N–H and O–H groups in total. The molecule has 0 spiro atoms. The molecule has 1 nitrogen and oxygen atoms in total. The SMILES string of the molecule is COC1C(C)(C)C1(C)C. The van der Waals surface area contributed by atoms with Gasteiger partial charge < -0.3 is 4.74 Å². The highest BCUT2D eigenvalue weighted by Gasteiger charge is 2.65. The molecule has 0 bridgehead atoms. The Hall–Kier alpha value is -0.0400. The number of methoxy groups -OCH3 is 1. The zero-order valence-corrected chi connectivity index (χ0v) is 6.99. The highest BCUT2D eigenvalue weighted by molar-refractivity contribution is 5.14. The van der Waals surface area contributed by atoms with Gasteiger partial charge in [-0.25, -0.2) is 0 Å². The molecule has 0 saturated heterocycles. The lowest BCUT2D eigenvalue weighted by molar-refractivity contribution is 0.140. The van der Waals surface area contributed by atoms with Gasteiger partial charge in [-0.2, -0.15) is 0 Å². The lowest BCUT2D eigenvalue weighted by atomic mass is 10.0. The van der Waals surface area contributed by atoms with Crippen LogP contribution in [0.5, 0.6) is 0 Å². The minimum Gasteiger partial charge on any atom is -0.380 e. The van der Waals surface area contributed by atoms with Crippen LogP contribution < -0.4 is 0 Å². The van der Waals surface area contributed by atoms with Crippen molar-refractivity contribution in [3.8, 4) is 0 Å². The van der Waals surface area contributed by atoms with Crippen LogP contribution in [-0.2, 0) is 4.74 Å². The van der Waals surface area contributed by atoms with E-state index in [1.54, 1.807) is 7.11 Å². The second-order valence-electron chi connectivity index (χ2n) is 4.06. The van der Waals surface area contributed by atoms with E-state index in [0.29, 0.717) is 16.9 Å². The fourth-order valence-corrected chi connectivity index (χ4v) is 1.73. The number of rotatable bonds is 1. The molecule has 0 aromatic carbocycles. The van der Waals surface area contributed by atoms with Crippen molar-refractivity contribution >= 4 is 0 Å². The third kappa shape index (κ3) is 0.644. The second-order valence-corrected chi connectivity index (χ2v) is 4.06. The molecule has 0 amide bonds. The van der Waals surface area contributed by atoms with Crippen LogP contribution in [-0.4, -0.2) is 13.2 Å². The van der Waals surface area contributed by atoms with Gasteiger partial charge in [-0.15, -0.1) is 0 Å². The Labute approximate surface area is 57.4 Å². The lowest BCUT2D eigenvalue weighted by Gasteiger charge is -2.02. The molecule has 1 fully saturated rings. The largest absolute Gasteiger partial charge is 0.380 e. The molecule has 0 aliphatic heterocycles. The van der Waals surface area contributed by atoms with E-state index >= 15 is 0 Å². The number of hydrogen-bond donors (Lipinski definition) is 0.